The van der Waals surface area contributed by atoms with Crippen LogP contribution in [0, 0.1) is 0 Å². The van der Waals surface area contributed by atoms with Crippen LogP contribution in [0.25, 0.3) is 0 Å². The van der Waals surface area contributed by atoms with Crippen LogP contribution < -0.4 is 5.09 Å². The van der Waals surface area contributed by atoms with Gasteiger partial charge in [-0.3, -0.25) is 5.09 Å². The van der Waals surface area contributed by atoms with Gasteiger partial charge < -0.3 is 20.0 Å². The van der Waals surface area contributed by atoms with E-state index >= 15 is 0 Å². The number of phenolic OH excluding ortho intramolecular Hbond substituents is 2. The normalized spacial score (nSPS) is 12.8. The highest BCUT2D eigenvalue weighted by molar-refractivity contribution is 7.53. The fourth-order valence-electron chi connectivity index (χ4n) is 2.43. The van der Waals surface area contributed by atoms with Crippen molar-refractivity contribution in [2.24, 2.45) is 0 Å². The minimum absolute atomic E-state index is 0.00126. The molecule has 0 aliphatic rings. The molecule has 7 heteroatoms. The zero-order valence-electron chi connectivity index (χ0n) is 12.7. The van der Waals surface area contributed by atoms with Gasteiger partial charge in [0, 0.05) is 5.56 Å². The summed E-state index contributed by atoms with van der Waals surface area (Å²) >= 11 is 0. The largest absolute Gasteiger partial charge is 0.508 e. The lowest BCUT2D eigenvalue weighted by atomic mass is 9.93. The summed E-state index contributed by atoms with van der Waals surface area (Å²) in [6, 6.07) is 11.4. The van der Waals surface area contributed by atoms with E-state index in [0.29, 0.717) is 18.4 Å². The fourth-order valence-corrected chi connectivity index (χ4v) is 2.95. The van der Waals surface area contributed by atoms with Crippen molar-refractivity contribution < 1.29 is 24.6 Å². The van der Waals surface area contributed by atoms with E-state index < -0.39 is 7.75 Å². The third kappa shape index (κ3) is 4.99. The van der Waals surface area contributed by atoms with E-state index in [-0.39, 0.29) is 23.1 Å². The maximum absolute atomic E-state index is 11.1. The van der Waals surface area contributed by atoms with Gasteiger partial charge in [0.15, 0.2) is 0 Å². The van der Waals surface area contributed by atoms with Crippen LogP contribution in [0.4, 0.5) is 5.69 Å². The molecule has 0 fully saturated rings. The number of anilines is 1. The summed E-state index contributed by atoms with van der Waals surface area (Å²) in [6.07, 6.45) is 1.13. The molecule has 0 bridgehead atoms. The minimum atomic E-state index is -4.43. The van der Waals surface area contributed by atoms with Crippen LogP contribution in [0.5, 0.6) is 11.5 Å². The van der Waals surface area contributed by atoms with Crippen molar-refractivity contribution in [3.05, 3.63) is 53.6 Å². The maximum atomic E-state index is 11.1. The predicted octanol–water partition coefficient (Wildman–Crippen LogP) is 3.34. The summed E-state index contributed by atoms with van der Waals surface area (Å²) in [7, 11) is -4.43. The van der Waals surface area contributed by atoms with E-state index in [1.807, 2.05) is 19.1 Å². The molecule has 0 spiro atoms. The molecule has 6 nitrogen and oxygen atoms in total. The molecule has 2 aromatic carbocycles. The summed E-state index contributed by atoms with van der Waals surface area (Å²) in [6.45, 7) is 2.02. The Morgan fingerprint density at radius 3 is 2.35 bits per heavy atom. The number of rotatable bonds is 6. The molecule has 1 atom stereocenters. The van der Waals surface area contributed by atoms with Crippen molar-refractivity contribution >= 4 is 13.4 Å². The van der Waals surface area contributed by atoms with Crippen molar-refractivity contribution in [2.45, 2.75) is 25.7 Å². The van der Waals surface area contributed by atoms with Crippen molar-refractivity contribution in [1.82, 2.24) is 0 Å². The van der Waals surface area contributed by atoms with Crippen LogP contribution in [0.2, 0.25) is 0 Å². The molecule has 0 saturated carbocycles. The lowest BCUT2D eigenvalue weighted by Gasteiger charge is -2.16. The summed E-state index contributed by atoms with van der Waals surface area (Å²) in [5.74, 6) is 0.370. The van der Waals surface area contributed by atoms with E-state index in [2.05, 4.69) is 5.09 Å². The summed E-state index contributed by atoms with van der Waals surface area (Å²) in [5.41, 5.74) is 1.75. The van der Waals surface area contributed by atoms with Crippen molar-refractivity contribution in [2.75, 3.05) is 5.09 Å². The van der Waals surface area contributed by atoms with Gasteiger partial charge in [-0.1, -0.05) is 25.1 Å². The molecule has 5 N–H and O–H groups in total. The Balaban J connectivity index is 2.13. The first-order chi connectivity index (χ1) is 10.8. The first-order valence-electron chi connectivity index (χ1n) is 7.20. The Kier molecular flexibility index (Phi) is 5.31. The number of aromatic hydroxyl groups is 2. The van der Waals surface area contributed by atoms with Crippen LogP contribution in [0.15, 0.2) is 42.5 Å². The molecular formula is C16H20NO5P. The van der Waals surface area contributed by atoms with E-state index in [4.69, 9.17) is 9.79 Å². The molecule has 0 aromatic heterocycles. The lowest BCUT2D eigenvalue weighted by Crippen LogP contribution is -2.02. The molecule has 0 aliphatic heterocycles. The van der Waals surface area contributed by atoms with Gasteiger partial charge in [0.25, 0.3) is 0 Å². The van der Waals surface area contributed by atoms with Gasteiger partial charge in [-0.15, -0.1) is 0 Å². The Labute approximate surface area is 134 Å². The Bertz CT molecular complexity index is 711. The molecule has 0 saturated heterocycles. The number of hydrogen-bond acceptors (Lipinski definition) is 3. The van der Waals surface area contributed by atoms with Crippen molar-refractivity contribution in [1.29, 1.82) is 0 Å². The smallest absolute Gasteiger partial charge is 0.427 e. The molecule has 0 aliphatic carbocycles. The second-order valence-corrected chi connectivity index (χ2v) is 6.80. The first-order valence-corrected chi connectivity index (χ1v) is 8.81. The van der Waals surface area contributed by atoms with Crippen LogP contribution in [0.3, 0.4) is 0 Å². The minimum Gasteiger partial charge on any atom is -0.508 e. The average molecular weight is 337 g/mol. The Hall–Kier alpha value is -2.01. The zero-order chi connectivity index (χ0) is 17.0. The van der Waals surface area contributed by atoms with Gasteiger partial charge in [-0.2, -0.15) is 0 Å². The lowest BCUT2D eigenvalue weighted by molar-refractivity contribution is 0.380. The third-order valence-corrected chi connectivity index (χ3v) is 4.24. The van der Waals surface area contributed by atoms with Gasteiger partial charge in [-0.05, 0) is 48.6 Å². The van der Waals surface area contributed by atoms with Gasteiger partial charge in [0.1, 0.15) is 11.5 Å². The molecule has 2 rings (SSSR count). The quantitative estimate of drug-likeness (QED) is 0.517. The number of benzene rings is 2. The zero-order valence-corrected chi connectivity index (χ0v) is 13.6. The van der Waals surface area contributed by atoms with E-state index in [1.54, 1.807) is 12.1 Å². The molecular weight excluding hydrogens is 317 g/mol. The van der Waals surface area contributed by atoms with Crippen LogP contribution in [-0.4, -0.2) is 20.0 Å². The number of hydrogen-bond donors (Lipinski definition) is 5. The maximum Gasteiger partial charge on any atom is 0.427 e. The molecule has 1 unspecified atom stereocenters. The first kappa shape index (κ1) is 17.3. The highest BCUT2D eigenvalue weighted by atomic mass is 31.2. The molecule has 2 aromatic rings. The van der Waals surface area contributed by atoms with Crippen molar-refractivity contribution in [3.63, 3.8) is 0 Å². The van der Waals surface area contributed by atoms with Crippen LogP contribution in [0.1, 0.15) is 30.4 Å². The molecule has 0 radical (unpaired) electrons. The van der Waals surface area contributed by atoms with E-state index in [1.165, 1.54) is 18.2 Å². The molecule has 0 heterocycles. The SMILES string of the molecule is CC(CCc1c(O)cccc1NP(=O)(O)O)c1ccc(O)cc1. The number of nitrogens with one attached hydrogen (secondary N) is 1. The highest BCUT2D eigenvalue weighted by Crippen LogP contribution is 2.39. The van der Waals surface area contributed by atoms with Crippen LogP contribution >= 0.6 is 7.75 Å². The Morgan fingerprint density at radius 1 is 1.09 bits per heavy atom. The van der Waals surface area contributed by atoms with Crippen LogP contribution in [-0.2, 0) is 11.0 Å². The predicted molar refractivity (Wildman–Crippen MR) is 88.6 cm³/mol. The second-order valence-electron chi connectivity index (χ2n) is 5.49. The molecule has 0 amide bonds. The van der Waals surface area contributed by atoms with Gasteiger partial charge >= 0.3 is 7.75 Å². The molecule has 124 valence electrons. The summed E-state index contributed by atoms with van der Waals surface area (Å²) in [4.78, 5) is 18.1. The topological polar surface area (TPSA) is 110 Å². The highest BCUT2D eigenvalue weighted by Gasteiger charge is 2.17. The Morgan fingerprint density at radius 2 is 1.74 bits per heavy atom. The summed E-state index contributed by atoms with van der Waals surface area (Å²) in [5, 5.41) is 21.4. The second kappa shape index (κ2) is 7.04. The monoisotopic (exact) mass is 337 g/mol. The van der Waals surface area contributed by atoms with Gasteiger partial charge in [0.2, 0.25) is 0 Å². The third-order valence-electron chi connectivity index (χ3n) is 3.71. The van der Waals surface area contributed by atoms with Crippen molar-refractivity contribution in [3.8, 4) is 11.5 Å². The average Bonchev–Trinajstić information content (AvgIpc) is 2.45. The fraction of sp³-hybridized carbons (Fsp3) is 0.250. The molecule has 23 heavy (non-hydrogen) atoms. The summed E-state index contributed by atoms with van der Waals surface area (Å²) < 4.78 is 11.1. The van der Waals surface area contributed by atoms with Gasteiger partial charge in [-0.25, -0.2) is 4.57 Å². The number of phenols is 2. The standard InChI is InChI=1S/C16H20NO5P/c1-11(12-6-8-13(18)9-7-12)5-10-14-15(17-23(20,21)22)3-2-4-16(14)19/h2-4,6-9,11,18-19H,5,10H2,1H3,(H3,17,20,21,22). The van der Waals surface area contributed by atoms with E-state index in [9.17, 15) is 14.8 Å². The van der Waals surface area contributed by atoms with Gasteiger partial charge in [0.05, 0.1) is 5.69 Å². The van der Waals surface area contributed by atoms with E-state index in [0.717, 1.165) is 5.56 Å².